The largest absolute Gasteiger partial charge is 0.489 e. The summed E-state index contributed by atoms with van der Waals surface area (Å²) in [7, 11) is 0. The van der Waals surface area contributed by atoms with Crippen molar-refractivity contribution >= 4 is 10.9 Å². The second-order valence-electron chi connectivity index (χ2n) is 6.71. The minimum atomic E-state index is 0.588. The summed E-state index contributed by atoms with van der Waals surface area (Å²) in [4.78, 5) is 3.36. The fourth-order valence-electron chi connectivity index (χ4n) is 3.25. The van der Waals surface area contributed by atoms with Gasteiger partial charge in [-0.1, -0.05) is 60.7 Å². The first-order chi connectivity index (χ1) is 13.4. The minimum absolute atomic E-state index is 0.588. The van der Waals surface area contributed by atoms with Crippen LogP contribution in [0.3, 0.4) is 0 Å². The maximum absolute atomic E-state index is 5.98. The molecule has 3 nitrogen and oxygen atoms in total. The number of H-pyrrole nitrogens is 1. The highest BCUT2D eigenvalue weighted by Crippen LogP contribution is 2.24. The van der Waals surface area contributed by atoms with Gasteiger partial charge in [0.25, 0.3) is 0 Å². The molecule has 0 bridgehead atoms. The molecule has 1 heterocycles. The van der Waals surface area contributed by atoms with Gasteiger partial charge >= 0.3 is 0 Å². The van der Waals surface area contributed by atoms with Gasteiger partial charge in [0.05, 0.1) is 0 Å². The van der Waals surface area contributed by atoms with Crippen LogP contribution in [-0.2, 0) is 19.6 Å². The molecule has 2 N–H and O–H groups in total. The molecule has 0 fully saturated rings. The maximum Gasteiger partial charge on any atom is 0.120 e. The van der Waals surface area contributed by atoms with E-state index in [0.29, 0.717) is 6.61 Å². The van der Waals surface area contributed by atoms with Crippen LogP contribution in [-0.4, -0.2) is 11.5 Å². The highest BCUT2D eigenvalue weighted by molar-refractivity contribution is 5.84. The second-order valence-corrected chi connectivity index (χ2v) is 6.71. The SMILES string of the molecule is c1ccc(C[15NH][13CH2][13CH2]c2c[nH]c3ccc(OCc4ccccc4)cc23)cc1. The summed E-state index contributed by atoms with van der Waals surface area (Å²) in [6.45, 7) is 2.43. The lowest BCUT2D eigenvalue weighted by molar-refractivity contribution is 0.306. The summed E-state index contributed by atoms with van der Waals surface area (Å²) in [5, 5.41) is 4.76. The number of rotatable bonds is 8. The fraction of sp³-hybridized carbons (Fsp3) is 0.167. The predicted molar refractivity (Wildman–Crippen MR) is 111 cm³/mol. The van der Waals surface area contributed by atoms with E-state index in [-0.39, 0.29) is 0 Å². The second kappa shape index (κ2) is 8.56. The Morgan fingerprint density at radius 3 is 2.33 bits per heavy atom. The normalized spacial score (nSPS) is 11.0. The average Bonchev–Trinajstić information content (AvgIpc) is 3.13. The Morgan fingerprint density at radius 2 is 1.56 bits per heavy atom. The minimum Gasteiger partial charge on any atom is -0.489 e. The molecule has 0 saturated carbocycles. The van der Waals surface area contributed by atoms with Gasteiger partial charge < -0.3 is 15.0 Å². The standard InChI is InChI=1S/C24H24N2O/c1-3-7-19(8-4-1)16-25-14-13-21-17-26-24-12-11-22(15-23(21)24)27-18-20-9-5-2-6-10-20/h1-12,15,17,25-26H,13-14,16,18H2/i13+1,14+1,25+1. The van der Waals surface area contributed by atoms with E-state index < -0.39 is 0 Å². The molecular formula is C24H24N2O. The molecule has 0 saturated heterocycles. The van der Waals surface area contributed by atoms with Gasteiger partial charge in [0, 0.05) is 23.6 Å². The van der Waals surface area contributed by atoms with Gasteiger partial charge in [-0.2, -0.15) is 0 Å². The average molecular weight is 359 g/mol. The molecule has 4 rings (SSSR count). The van der Waals surface area contributed by atoms with Crippen LogP contribution in [0, 0.1) is 0 Å². The van der Waals surface area contributed by atoms with Crippen molar-refractivity contribution in [2.45, 2.75) is 19.6 Å². The van der Waals surface area contributed by atoms with Gasteiger partial charge in [-0.3, -0.25) is 0 Å². The molecule has 27 heavy (non-hydrogen) atoms. The van der Waals surface area contributed by atoms with Crippen molar-refractivity contribution in [3.63, 3.8) is 0 Å². The summed E-state index contributed by atoms with van der Waals surface area (Å²) in [6, 6.07) is 27.0. The number of nitrogens with one attached hydrogen (secondary N) is 2. The fourth-order valence-corrected chi connectivity index (χ4v) is 3.25. The number of fused-ring (bicyclic) bond motifs is 1. The van der Waals surface area contributed by atoms with E-state index in [4.69, 9.17) is 4.74 Å². The van der Waals surface area contributed by atoms with E-state index in [0.717, 1.165) is 30.8 Å². The Hall–Kier alpha value is -3.04. The quantitative estimate of drug-likeness (QED) is 0.261. The van der Waals surface area contributed by atoms with E-state index in [1.165, 1.54) is 22.1 Å². The molecule has 4 aromatic rings. The van der Waals surface area contributed by atoms with Crippen LogP contribution >= 0.6 is 0 Å². The molecule has 0 aliphatic heterocycles. The van der Waals surface area contributed by atoms with Crippen molar-refractivity contribution in [3.8, 4) is 5.75 Å². The molecule has 3 aromatic carbocycles. The molecule has 0 amide bonds. The van der Waals surface area contributed by atoms with Crippen molar-refractivity contribution < 1.29 is 4.74 Å². The highest BCUT2D eigenvalue weighted by Gasteiger charge is 2.06. The van der Waals surface area contributed by atoms with Crippen molar-refractivity contribution in [1.29, 1.82) is 0 Å². The number of hydrogen-bond acceptors (Lipinski definition) is 2. The number of ether oxygens (including phenoxy) is 1. The van der Waals surface area contributed by atoms with Crippen LogP contribution in [0.2, 0.25) is 0 Å². The maximum atomic E-state index is 5.98. The van der Waals surface area contributed by atoms with Crippen molar-refractivity contribution in [2.75, 3.05) is 6.54 Å². The van der Waals surface area contributed by atoms with Crippen molar-refractivity contribution in [3.05, 3.63) is 102 Å². The molecular weight excluding hydrogens is 335 g/mol. The van der Waals surface area contributed by atoms with Gasteiger partial charge in [0.1, 0.15) is 12.4 Å². The number of hydrogen-bond donors (Lipinski definition) is 2. The van der Waals surface area contributed by atoms with Crippen LogP contribution in [0.5, 0.6) is 5.75 Å². The smallest absolute Gasteiger partial charge is 0.120 e. The molecule has 0 radical (unpaired) electrons. The number of benzene rings is 3. The lowest BCUT2D eigenvalue weighted by Crippen LogP contribution is -2.16. The van der Waals surface area contributed by atoms with Crippen LogP contribution < -0.4 is 10.1 Å². The van der Waals surface area contributed by atoms with E-state index in [2.05, 4.69) is 65.0 Å². The van der Waals surface area contributed by atoms with Gasteiger partial charge in [0.2, 0.25) is 0 Å². The van der Waals surface area contributed by atoms with Crippen molar-refractivity contribution in [2.24, 2.45) is 0 Å². The molecule has 0 spiro atoms. The topological polar surface area (TPSA) is 37.0 Å². The monoisotopic (exact) mass is 359 g/mol. The lowest BCUT2D eigenvalue weighted by atomic mass is 10.2. The molecule has 0 aliphatic carbocycles. The predicted octanol–water partition coefficient (Wildman–Crippen LogP) is 5.08. The zero-order valence-electron chi connectivity index (χ0n) is 15.3. The van der Waals surface area contributed by atoms with Gasteiger partial charge in [-0.25, -0.2) is 0 Å². The molecule has 0 aliphatic rings. The summed E-state index contributed by atoms with van der Waals surface area (Å²) in [6.07, 6.45) is 3.09. The molecule has 1 aromatic heterocycles. The van der Waals surface area contributed by atoms with Crippen LogP contribution in [0.25, 0.3) is 10.9 Å². The zero-order chi connectivity index (χ0) is 18.3. The third-order valence-electron chi connectivity index (χ3n) is 4.73. The summed E-state index contributed by atoms with van der Waals surface area (Å²) in [5.41, 5.74) is 4.96. The van der Waals surface area contributed by atoms with Gasteiger partial charge in [0.15, 0.2) is 0 Å². The number of aromatic amines is 1. The third kappa shape index (κ3) is 4.57. The van der Waals surface area contributed by atoms with E-state index in [1.807, 2.05) is 30.3 Å². The summed E-state index contributed by atoms with van der Waals surface area (Å²) in [5.74, 6) is 0.907. The first kappa shape index (κ1) is 17.4. The first-order valence-corrected chi connectivity index (χ1v) is 9.40. The van der Waals surface area contributed by atoms with Gasteiger partial charge in [-0.05, 0) is 47.9 Å². The Morgan fingerprint density at radius 1 is 0.815 bits per heavy atom. The van der Waals surface area contributed by atoms with E-state index in [9.17, 15) is 0 Å². The summed E-state index contributed by atoms with van der Waals surface area (Å²) < 4.78 is 5.98. The van der Waals surface area contributed by atoms with Crippen LogP contribution in [0.4, 0.5) is 0 Å². The molecule has 0 unspecified atom stereocenters. The van der Waals surface area contributed by atoms with Crippen LogP contribution in [0.15, 0.2) is 85.1 Å². The van der Waals surface area contributed by atoms with Crippen molar-refractivity contribution in [1.82, 2.24) is 10.3 Å². The van der Waals surface area contributed by atoms with Gasteiger partial charge in [-0.15, -0.1) is 0 Å². The Balaban J connectivity index is 1.36. The Labute approximate surface area is 160 Å². The zero-order valence-corrected chi connectivity index (χ0v) is 15.3. The lowest BCUT2D eigenvalue weighted by Gasteiger charge is -2.07. The van der Waals surface area contributed by atoms with E-state index >= 15 is 0 Å². The summed E-state index contributed by atoms with van der Waals surface area (Å²) >= 11 is 0. The number of aromatic nitrogens is 1. The Bertz CT molecular complexity index is 977. The van der Waals surface area contributed by atoms with Crippen LogP contribution in [0.1, 0.15) is 16.7 Å². The molecule has 3 heteroatoms. The Kier molecular flexibility index (Phi) is 5.51. The highest BCUT2D eigenvalue weighted by atomic mass is 16.5. The molecule has 0 atom stereocenters. The van der Waals surface area contributed by atoms with E-state index in [1.54, 1.807) is 0 Å². The molecule has 136 valence electrons. The first-order valence-electron chi connectivity index (χ1n) is 9.40. The third-order valence-corrected chi connectivity index (χ3v) is 4.73.